The van der Waals surface area contributed by atoms with E-state index in [0.717, 1.165) is 4.90 Å². The van der Waals surface area contributed by atoms with Crippen LogP contribution in [0.2, 0.25) is 0 Å². The van der Waals surface area contributed by atoms with Gasteiger partial charge in [-0.05, 0) is 17.7 Å². The van der Waals surface area contributed by atoms with Gasteiger partial charge in [-0.2, -0.15) is 0 Å². The lowest BCUT2D eigenvalue weighted by Crippen LogP contribution is -2.34. The number of ether oxygens (including phenoxy) is 2. The Labute approximate surface area is 126 Å². The van der Waals surface area contributed by atoms with Crippen molar-refractivity contribution in [2.45, 2.75) is 19.2 Å². The van der Waals surface area contributed by atoms with Gasteiger partial charge in [0.1, 0.15) is 5.75 Å². The number of urea groups is 1. The molecule has 2 rings (SSSR count). The zero-order chi connectivity index (χ0) is 16.3. The van der Waals surface area contributed by atoms with Crippen molar-refractivity contribution in [1.29, 1.82) is 0 Å². The predicted molar refractivity (Wildman–Crippen MR) is 73.8 cm³/mol. The number of hydrogen-bond acceptors (Lipinski definition) is 6. The minimum atomic E-state index is -1.52. The number of esters is 1. The molecule has 1 aromatic carbocycles. The van der Waals surface area contributed by atoms with Gasteiger partial charge in [-0.25, -0.2) is 4.79 Å². The lowest BCUT2D eigenvalue weighted by Gasteiger charge is -2.18. The number of imide groups is 1. The van der Waals surface area contributed by atoms with Gasteiger partial charge in [0.2, 0.25) is 6.23 Å². The molecule has 1 aliphatic rings. The maximum absolute atomic E-state index is 11.6. The first-order chi connectivity index (χ1) is 10.5. The van der Waals surface area contributed by atoms with Gasteiger partial charge in [0.15, 0.2) is 0 Å². The largest absolute Gasteiger partial charge is 0.496 e. The monoisotopic (exact) mass is 308 g/mol. The van der Waals surface area contributed by atoms with Crippen molar-refractivity contribution in [3.05, 3.63) is 29.3 Å². The molecule has 22 heavy (non-hydrogen) atoms. The SMILES string of the molecule is COC(=O)Cc1cc(CN2C(=O)NC(=O)[C@H]2O)ccc1OC. The highest BCUT2D eigenvalue weighted by Gasteiger charge is 2.36. The molecule has 118 valence electrons. The molecule has 1 atom stereocenters. The number of rotatable bonds is 5. The van der Waals surface area contributed by atoms with Crippen LogP contribution in [0.1, 0.15) is 11.1 Å². The van der Waals surface area contributed by atoms with Crippen LogP contribution >= 0.6 is 0 Å². The van der Waals surface area contributed by atoms with Gasteiger partial charge in [0.05, 0.1) is 27.2 Å². The molecule has 1 aliphatic heterocycles. The number of carbonyl (C=O) groups is 3. The third-order valence-corrected chi connectivity index (χ3v) is 3.28. The molecule has 8 nitrogen and oxygen atoms in total. The zero-order valence-corrected chi connectivity index (χ0v) is 12.2. The second kappa shape index (κ2) is 6.44. The summed E-state index contributed by atoms with van der Waals surface area (Å²) in [6, 6.07) is 4.33. The Morgan fingerprint density at radius 1 is 1.36 bits per heavy atom. The van der Waals surface area contributed by atoms with Crippen LogP contribution < -0.4 is 10.1 Å². The number of carbonyl (C=O) groups excluding carboxylic acids is 3. The third-order valence-electron chi connectivity index (χ3n) is 3.28. The van der Waals surface area contributed by atoms with Gasteiger partial charge in [0.25, 0.3) is 5.91 Å². The molecule has 0 bridgehead atoms. The van der Waals surface area contributed by atoms with Crippen molar-refractivity contribution in [2.75, 3.05) is 14.2 Å². The minimum Gasteiger partial charge on any atom is -0.496 e. The molecular formula is C14H16N2O6. The number of nitrogens with zero attached hydrogens (tertiary/aromatic N) is 1. The standard InChI is InChI=1S/C14H16N2O6/c1-21-10-4-3-8(5-9(10)6-11(17)22-2)7-16-13(19)12(18)15-14(16)20/h3-5,13,19H,6-7H2,1-2H3,(H,15,18,20)/t13-/m1/s1. The summed E-state index contributed by atoms with van der Waals surface area (Å²) in [6.07, 6.45) is -1.50. The van der Waals surface area contributed by atoms with Crippen LogP contribution in [0.25, 0.3) is 0 Å². The Morgan fingerprint density at radius 3 is 2.64 bits per heavy atom. The molecule has 8 heteroatoms. The van der Waals surface area contributed by atoms with Crippen LogP contribution in [0.4, 0.5) is 4.79 Å². The minimum absolute atomic E-state index is 0.0151. The van der Waals surface area contributed by atoms with E-state index in [1.807, 2.05) is 5.32 Å². The number of aliphatic hydroxyl groups excluding tert-OH is 1. The van der Waals surface area contributed by atoms with Crippen LogP contribution in [0.15, 0.2) is 18.2 Å². The second-order valence-corrected chi connectivity index (χ2v) is 4.70. The number of hydrogen-bond donors (Lipinski definition) is 2. The van der Waals surface area contributed by atoms with E-state index in [1.165, 1.54) is 14.2 Å². The van der Waals surface area contributed by atoms with Crippen LogP contribution in [0.5, 0.6) is 5.75 Å². The van der Waals surface area contributed by atoms with Crippen molar-refractivity contribution >= 4 is 17.9 Å². The Bertz CT molecular complexity index is 615. The highest BCUT2D eigenvalue weighted by Crippen LogP contribution is 2.22. The molecule has 3 amide bonds. The van der Waals surface area contributed by atoms with E-state index in [1.54, 1.807) is 18.2 Å². The van der Waals surface area contributed by atoms with E-state index in [9.17, 15) is 19.5 Å². The van der Waals surface area contributed by atoms with Crippen molar-refractivity contribution in [2.24, 2.45) is 0 Å². The highest BCUT2D eigenvalue weighted by atomic mass is 16.5. The van der Waals surface area contributed by atoms with Gasteiger partial charge < -0.3 is 14.6 Å². The first-order valence-electron chi connectivity index (χ1n) is 6.48. The van der Waals surface area contributed by atoms with E-state index >= 15 is 0 Å². The Hall–Kier alpha value is -2.61. The maximum atomic E-state index is 11.6. The van der Waals surface area contributed by atoms with E-state index in [2.05, 4.69) is 4.74 Å². The maximum Gasteiger partial charge on any atom is 0.326 e. The number of benzene rings is 1. The summed E-state index contributed by atoms with van der Waals surface area (Å²) in [5.74, 6) is -0.672. The van der Waals surface area contributed by atoms with Crippen molar-refractivity contribution in [1.82, 2.24) is 10.2 Å². The number of nitrogens with one attached hydrogen (secondary N) is 1. The number of methoxy groups -OCH3 is 2. The fourth-order valence-electron chi connectivity index (χ4n) is 2.15. The fourth-order valence-corrected chi connectivity index (χ4v) is 2.15. The number of aliphatic hydroxyl groups is 1. The summed E-state index contributed by atoms with van der Waals surface area (Å²) in [4.78, 5) is 35.2. The molecule has 0 aliphatic carbocycles. The zero-order valence-electron chi connectivity index (χ0n) is 12.2. The first-order valence-corrected chi connectivity index (χ1v) is 6.48. The number of amides is 3. The van der Waals surface area contributed by atoms with Gasteiger partial charge in [-0.1, -0.05) is 6.07 Å². The Balaban J connectivity index is 2.21. The molecule has 2 N–H and O–H groups in total. The smallest absolute Gasteiger partial charge is 0.326 e. The summed E-state index contributed by atoms with van der Waals surface area (Å²) >= 11 is 0. The molecule has 1 heterocycles. The first kappa shape index (κ1) is 15.8. The fraction of sp³-hybridized carbons (Fsp3) is 0.357. The van der Waals surface area contributed by atoms with Crippen molar-refractivity contribution < 1.29 is 29.0 Å². The van der Waals surface area contributed by atoms with E-state index in [4.69, 9.17) is 4.74 Å². The van der Waals surface area contributed by atoms with Crippen LogP contribution in [0, 0.1) is 0 Å². The van der Waals surface area contributed by atoms with Gasteiger partial charge in [-0.3, -0.25) is 19.8 Å². The average molecular weight is 308 g/mol. The molecule has 1 aromatic rings. The molecule has 1 fully saturated rings. The normalized spacial score (nSPS) is 17.4. The summed E-state index contributed by atoms with van der Waals surface area (Å²) < 4.78 is 9.79. The van der Waals surface area contributed by atoms with E-state index < -0.39 is 24.1 Å². The second-order valence-electron chi connectivity index (χ2n) is 4.70. The summed E-state index contributed by atoms with van der Waals surface area (Å²) in [5.41, 5.74) is 1.23. The molecule has 0 radical (unpaired) electrons. The summed E-state index contributed by atoms with van der Waals surface area (Å²) in [7, 11) is 2.77. The topological polar surface area (TPSA) is 105 Å². The Kier molecular flexibility index (Phi) is 4.62. The summed E-state index contributed by atoms with van der Waals surface area (Å²) in [6.45, 7) is 0.0247. The van der Waals surface area contributed by atoms with Gasteiger partial charge in [-0.15, -0.1) is 0 Å². The van der Waals surface area contributed by atoms with Crippen molar-refractivity contribution in [3.63, 3.8) is 0 Å². The van der Waals surface area contributed by atoms with Crippen molar-refractivity contribution in [3.8, 4) is 5.75 Å². The Morgan fingerprint density at radius 2 is 2.09 bits per heavy atom. The lowest BCUT2D eigenvalue weighted by atomic mass is 10.1. The van der Waals surface area contributed by atoms with Crippen LogP contribution in [0.3, 0.4) is 0 Å². The lowest BCUT2D eigenvalue weighted by molar-refractivity contribution is -0.139. The van der Waals surface area contributed by atoms with Crippen LogP contribution in [-0.4, -0.2) is 48.4 Å². The molecule has 0 spiro atoms. The molecule has 0 saturated carbocycles. The van der Waals surface area contributed by atoms with E-state index in [0.29, 0.717) is 16.9 Å². The quantitative estimate of drug-likeness (QED) is 0.575. The molecule has 0 unspecified atom stereocenters. The van der Waals surface area contributed by atoms with Gasteiger partial charge in [0, 0.05) is 5.56 Å². The average Bonchev–Trinajstić information content (AvgIpc) is 2.74. The van der Waals surface area contributed by atoms with E-state index in [-0.39, 0.29) is 13.0 Å². The van der Waals surface area contributed by atoms with Crippen LogP contribution in [-0.2, 0) is 27.3 Å². The molecular weight excluding hydrogens is 292 g/mol. The predicted octanol–water partition coefficient (Wildman–Crippen LogP) is -0.219. The molecule has 1 saturated heterocycles. The summed E-state index contributed by atoms with van der Waals surface area (Å²) in [5, 5.41) is 11.7. The van der Waals surface area contributed by atoms with Gasteiger partial charge >= 0.3 is 12.0 Å². The molecule has 0 aromatic heterocycles. The highest BCUT2D eigenvalue weighted by molar-refractivity contribution is 6.03. The third kappa shape index (κ3) is 3.17.